The Hall–Kier alpha value is -3.03. The van der Waals surface area contributed by atoms with Crippen LogP contribution in [-0.2, 0) is 25.6 Å². The highest BCUT2D eigenvalue weighted by Crippen LogP contribution is 2.07. The Morgan fingerprint density at radius 2 is 1.69 bits per heavy atom. The maximum Gasteiger partial charge on any atom is 0.326 e. The highest BCUT2D eigenvalue weighted by molar-refractivity contribution is 5.94. The van der Waals surface area contributed by atoms with Crippen molar-refractivity contribution in [1.82, 2.24) is 25.9 Å². The fourth-order valence-electron chi connectivity index (χ4n) is 3.36. The third kappa shape index (κ3) is 10.8. The van der Waals surface area contributed by atoms with E-state index in [1.807, 2.05) is 0 Å². The average Bonchev–Trinajstić information content (AvgIpc) is 3.28. The van der Waals surface area contributed by atoms with Gasteiger partial charge in [-0.05, 0) is 38.6 Å². The van der Waals surface area contributed by atoms with Crippen LogP contribution in [0.25, 0.3) is 0 Å². The summed E-state index contributed by atoms with van der Waals surface area (Å²) in [5.74, 6) is -3.40. The number of aliphatic hydroxyl groups is 1. The molecule has 13 heteroatoms. The molecule has 10 N–H and O–H groups in total. The van der Waals surface area contributed by atoms with Crippen molar-refractivity contribution in [1.29, 1.82) is 0 Å². The lowest BCUT2D eigenvalue weighted by molar-refractivity contribution is -0.143. The number of rotatable bonds is 16. The lowest BCUT2D eigenvalue weighted by atomic mass is 10.0. The molecule has 1 rings (SSSR count). The van der Waals surface area contributed by atoms with Crippen molar-refractivity contribution in [2.45, 2.75) is 83.1 Å². The van der Waals surface area contributed by atoms with Gasteiger partial charge in [0.05, 0.1) is 18.5 Å². The minimum absolute atomic E-state index is 0.0148. The number of nitrogens with two attached hydrogens (primary N) is 2. The Morgan fingerprint density at radius 3 is 2.20 bits per heavy atom. The van der Waals surface area contributed by atoms with Crippen LogP contribution in [0.1, 0.15) is 52.1 Å². The van der Waals surface area contributed by atoms with Crippen LogP contribution in [0.5, 0.6) is 0 Å². The molecule has 198 valence electrons. The van der Waals surface area contributed by atoms with Crippen molar-refractivity contribution in [3.63, 3.8) is 0 Å². The van der Waals surface area contributed by atoms with E-state index < -0.39 is 54.0 Å². The van der Waals surface area contributed by atoms with Gasteiger partial charge in [-0.2, -0.15) is 0 Å². The van der Waals surface area contributed by atoms with E-state index in [0.717, 1.165) is 0 Å². The highest BCUT2D eigenvalue weighted by atomic mass is 16.4. The SMILES string of the molecule is CC(C)CC(NC(=O)C(NC(=O)C(Cc1cnc[nH]1)NC(=O)C(N)CCCCN)C(C)O)C(=O)O. The van der Waals surface area contributed by atoms with Gasteiger partial charge in [0.15, 0.2) is 0 Å². The number of aromatic amines is 1. The Kier molecular flexibility index (Phi) is 12.9. The number of carbonyl (C=O) groups excluding carboxylic acids is 3. The van der Waals surface area contributed by atoms with Crippen molar-refractivity contribution < 1.29 is 29.4 Å². The number of carbonyl (C=O) groups is 4. The molecule has 0 spiro atoms. The quantitative estimate of drug-likeness (QED) is 0.123. The molecule has 0 aromatic carbocycles. The molecule has 5 atom stereocenters. The first-order chi connectivity index (χ1) is 16.5. The predicted octanol–water partition coefficient (Wildman–Crippen LogP) is -1.63. The number of H-pyrrole nitrogens is 1. The van der Waals surface area contributed by atoms with E-state index in [9.17, 15) is 29.4 Å². The molecule has 0 radical (unpaired) electrons. The van der Waals surface area contributed by atoms with E-state index in [1.54, 1.807) is 13.8 Å². The normalized spacial score (nSPS) is 15.5. The fraction of sp³-hybridized carbons (Fsp3) is 0.682. The number of carboxylic acids is 1. The van der Waals surface area contributed by atoms with Crippen LogP contribution in [0, 0.1) is 5.92 Å². The zero-order chi connectivity index (χ0) is 26.5. The maximum atomic E-state index is 13.1. The number of amides is 3. The highest BCUT2D eigenvalue weighted by Gasteiger charge is 2.33. The summed E-state index contributed by atoms with van der Waals surface area (Å²) in [5.41, 5.74) is 11.9. The molecule has 13 nitrogen and oxygen atoms in total. The van der Waals surface area contributed by atoms with Crippen LogP contribution < -0.4 is 27.4 Å². The molecule has 0 aliphatic carbocycles. The van der Waals surface area contributed by atoms with Gasteiger partial charge in [0.1, 0.15) is 18.1 Å². The Morgan fingerprint density at radius 1 is 1.03 bits per heavy atom. The Labute approximate surface area is 204 Å². The van der Waals surface area contributed by atoms with Gasteiger partial charge in [-0.1, -0.05) is 20.3 Å². The molecular formula is C22H39N7O6. The molecule has 1 aromatic rings. The van der Waals surface area contributed by atoms with Gasteiger partial charge in [-0.3, -0.25) is 14.4 Å². The number of imidazole rings is 1. The number of hydrogen-bond acceptors (Lipinski definition) is 8. The van der Waals surface area contributed by atoms with Crippen molar-refractivity contribution in [2.75, 3.05) is 6.54 Å². The standard InChI is InChI=1S/C22H39N7O6/c1-12(2)8-17(22(34)35)28-21(33)18(13(3)30)29-20(32)16(9-14-10-25-11-26-14)27-19(31)15(24)6-4-5-7-23/h10-13,15-18,30H,4-9,23-24H2,1-3H3,(H,25,26)(H,27,31)(H,28,33)(H,29,32)(H,34,35). The van der Waals surface area contributed by atoms with E-state index in [2.05, 4.69) is 25.9 Å². The summed E-state index contributed by atoms with van der Waals surface area (Å²) in [4.78, 5) is 56.7. The molecular weight excluding hydrogens is 458 g/mol. The first-order valence-electron chi connectivity index (χ1n) is 11.7. The lowest BCUT2D eigenvalue weighted by Gasteiger charge is -2.26. The summed E-state index contributed by atoms with van der Waals surface area (Å²) in [5, 5.41) is 26.9. The van der Waals surface area contributed by atoms with Crippen LogP contribution in [0.3, 0.4) is 0 Å². The van der Waals surface area contributed by atoms with Crippen molar-refractivity contribution >= 4 is 23.7 Å². The second-order valence-electron chi connectivity index (χ2n) is 8.99. The van der Waals surface area contributed by atoms with Crippen LogP contribution >= 0.6 is 0 Å². The second-order valence-corrected chi connectivity index (χ2v) is 8.99. The third-order valence-corrected chi connectivity index (χ3v) is 5.30. The van der Waals surface area contributed by atoms with E-state index in [4.69, 9.17) is 11.5 Å². The minimum Gasteiger partial charge on any atom is -0.480 e. The summed E-state index contributed by atoms with van der Waals surface area (Å²) < 4.78 is 0. The van der Waals surface area contributed by atoms with Gasteiger partial charge >= 0.3 is 5.97 Å². The lowest BCUT2D eigenvalue weighted by Crippen LogP contribution is -2.60. The molecule has 1 aromatic heterocycles. The maximum absolute atomic E-state index is 13.1. The summed E-state index contributed by atoms with van der Waals surface area (Å²) >= 11 is 0. The number of hydrogen-bond donors (Lipinski definition) is 8. The third-order valence-electron chi connectivity index (χ3n) is 5.30. The molecule has 1 heterocycles. The molecule has 0 saturated heterocycles. The molecule has 0 bridgehead atoms. The number of carboxylic acid groups (broad SMARTS) is 1. The number of nitrogens with one attached hydrogen (secondary N) is 4. The molecule has 35 heavy (non-hydrogen) atoms. The van der Waals surface area contributed by atoms with Crippen LogP contribution in [-0.4, -0.2) is 80.7 Å². The van der Waals surface area contributed by atoms with Gasteiger partial charge in [0.25, 0.3) is 0 Å². The number of aliphatic carboxylic acids is 1. The summed E-state index contributed by atoms with van der Waals surface area (Å²) in [7, 11) is 0. The van der Waals surface area contributed by atoms with Crippen molar-refractivity contribution in [3.8, 4) is 0 Å². The second kappa shape index (κ2) is 15.1. The first-order valence-corrected chi connectivity index (χ1v) is 11.7. The van der Waals surface area contributed by atoms with Gasteiger partial charge in [0.2, 0.25) is 17.7 Å². The monoisotopic (exact) mass is 497 g/mol. The van der Waals surface area contributed by atoms with Crippen LogP contribution in [0.4, 0.5) is 0 Å². The van der Waals surface area contributed by atoms with Gasteiger partial charge < -0.3 is 42.6 Å². The Bertz CT molecular complexity index is 815. The summed E-state index contributed by atoms with van der Waals surface area (Å²) in [6, 6.07) is -4.63. The number of unbranched alkanes of at least 4 members (excludes halogenated alkanes) is 1. The molecule has 0 saturated carbocycles. The molecule has 0 aliphatic rings. The number of aliphatic hydroxyl groups excluding tert-OH is 1. The smallest absolute Gasteiger partial charge is 0.326 e. The van der Waals surface area contributed by atoms with Crippen LogP contribution in [0.15, 0.2) is 12.5 Å². The van der Waals surface area contributed by atoms with E-state index in [1.165, 1.54) is 19.4 Å². The number of nitrogens with zero attached hydrogens (tertiary/aromatic N) is 1. The van der Waals surface area contributed by atoms with Gasteiger partial charge in [-0.25, -0.2) is 9.78 Å². The van der Waals surface area contributed by atoms with Crippen molar-refractivity contribution in [3.05, 3.63) is 18.2 Å². The number of aromatic nitrogens is 2. The largest absolute Gasteiger partial charge is 0.480 e. The van der Waals surface area contributed by atoms with Crippen LogP contribution in [0.2, 0.25) is 0 Å². The van der Waals surface area contributed by atoms with E-state index in [-0.39, 0.29) is 18.8 Å². The summed E-state index contributed by atoms with van der Waals surface area (Å²) in [6.07, 6.45) is 3.48. The topological polar surface area (TPSA) is 226 Å². The van der Waals surface area contributed by atoms with E-state index >= 15 is 0 Å². The first kappa shape index (κ1) is 30.0. The van der Waals surface area contributed by atoms with Crippen molar-refractivity contribution in [2.24, 2.45) is 17.4 Å². The molecule has 0 aliphatic heterocycles. The minimum atomic E-state index is -1.45. The fourth-order valence-corrected chi connectivity index (χ4v) is 3.36. The molecule has 5 unspecified atom stereocenters. The average molecular weight is 498 g/mol. The zero-order valence-electron chi connectivity index (χ0n) is 20.5. The zero-order valence-corrected chi connectivity index (χ0v) is 20.5. The Balaban J connectivity index is 2.97. The van der Waals surface area contributed by atoms with E-state index in [0.29, 0.717) is 31.5 Å². The molecule has 3 amide bonds. The predicted molar refractivity (Wildman–Crippen MR) is 128 cm³/mol. The van der Waals surface area contributed by atoms with Gasteiger partial charge in [0, 0.05) is 18.3 Å². The molecule has 0 fully saturated rings. The van der Waals surface area contributed by atoms with Gasteiger partial charge in [-0.15, -0.1) is 0 Å². The summed E-state index contributed by atoms with van der Waals surface area (Å²) in [6.45, 7) is 5.37.